The van der Waals surface area contributed by atoms with Crippen LogP contribution < -0.4 is 5.32 Å². The highest BCUT2D eigenvalue weighted by Gasteiger charge is 2.29. The quantitative estimate of drug-likeness (QED) is 0.558. The standard InChI is InChI=1S/C19H26N6O4S2/c1-4-24(10-17(26)20-15-8-9-31(28,29)12-15)18(27)11-30-19-21-22-23-25(19)16-7-5-6-13(2)14(16)3/h5-7,15H,4,8-12H2,1-3H3,(H,20,26)/t15-/m0/s1. The number of carbonyl (C=O) groups is 2. The van der Waals surface area contributed by atoms with Crippen LogP contribution in [-0.4, -0.2) is 81.7 Å². The van der Waals surface area contributed by atoms with E-state index < -0.39 is 9.84 Å². The van der Waals surface area contributed by atoms with Gasteiger partial charge in [0.05, 0.1) is 29.5 Å². The molecule has 1 fully saturated rings. The number of likely N-dealkylation sites (N-methyl/N-ethyl adjacent to an activating group) is 1. The Morgan fingerprint density at radius 3 is 2.77 bits per heavy atom. The second kappa shape index (κ2) is 9.77. The Morgan fingerprint density at radius 1 is 1.32 bits per heavy atom. The van der Waals surface area contributed by atoms with E-state index in [0.717, 1.165) is 16.8 Å². The van der Waals surface area contributed by atoms with Crippen LogP contribution in [0.2, 0.25) is 0 Å². The van der Waals surface area contributed by atoms with E-state index in [0.29, 0.717) is 18.1 Å². The number of aromatic nitrogens is 4. The van der Waals surface area contributed by atoms with Crippen LogP contribution in [-0.2, 0) is 19.4 Å². The molecular weight excluding hydrogens is 440 g/mol. The number of hydrogen-bond acceptors (Lipinski definition) is 8. The molecule has 0 spiro atoms. The predicted octanol–water partition coefficient (Wildman–Crippen LogP) is 0.523. The van der Waals surface area contributed by atoms with Gasteiger partial charge in [-0.25, -0.2) is 8.42 Å². The number of aryl methyl sites for hydroxylation is 1. The molecule has 3 rings (SSSR count). The number of carbonyl (C=O) groups excluding carboxylic acids is 2. The van der Waals surface area contributed by atoms with Gasteiger partial charge in [0.15, 0.2) is 9.84 Å². The number of hydrogen-bond donors (Lipinski definition) is 1. The third kappa shape index (κ3) is 5.82. The fourth-order valence-electron chi connectivity index (χ4n) is 3.33. The molecule has 1 aliphatic heterocycles. The molecule has 1 saturated heterocycles. The van der Waals surface area contributed by atoms with Gasteiger partial charge >= 0.3 is 0 Å². The van der Waals surface area contributed by atoms with Crippen LogP contribution in [0.25, 0.3) is 5.69 Å². The number of thioether (sulfide) groups is 1. The number of amides is 2. The summed E-state index contributed by atoms with van der Waals surface area (Å²) < 4.78 is 24.7. The molecule has 0 saturated carbocycles. The van der Waals surface area contributed by atoms with Crippen LogP contribution in [0.1, 0.15) is 24.5 Å². The Balaban J connectivity index is 1.58. The highest BCUT2D eigenvalue weighted by Crippen LogP contribution is 2.22. The first-order valence-electron chi connectivity index (χ1n) is 9.95. The number of sulfone groups is 1. The molecule has 1 aromatic carbocycles. The van der Waals surface area contributed by atoms with Crippen LogP contribution in [0.4, 0.5) is 0 Å². The molecule has 2 aromatic rings. The molecule has 0 radical (unpaired) electrons. The van der Waals surface area contributed by atoms with Crippen LogP contribution in [0.15, 0.2) is 23.4 Å². The minimum Gasteiger partial charge on any atom is -0.351 e. The zero-order valence-corrected chi connectivity index (χ0v) is 19.4. The maximum Gasteiger partial charge on any atom is 0.239 e. The van der Waals surface area contributed by atoms with Gasteiger partial charge < -0.3 is 10.2 Å². The summed E-state index contributed by atoms with van der Waals surface area (Å²) in [7, 11) is -3.08. The molecule has 0 aliphatic carbocycles. The number of benzene rings is 1. The summed E-state index contributed by atoms with van der Waals surface area (Å²) in [5.74, 6) is -0.472. The molecule has 1 aliphatic rings. The molecule has 0 unspecified atom stereocenters. The highest BCUT2D eigenvalue weighted by atomic mass is 32.2. The van der Waals surface area contributed by atoms with E-state index >= 15 is 0 Å². The van der Waals surface area contributed by atoms with E-state index in [2.05, 4.69) is 20.8 Å². The van der Waals surface area contributed by atoms with Crippen LogP contribution >= 0.6 is 11.8 Å². The van der Waals surface area contributed by atoms with Gasteiger partial charge in [0, 0.05) is 12.6 Å². The molecule has 1 aromatic heterocycles. The van der Waals surface area contributed by atoms with Crippen molar-refractivity contribution in [2.75, 3.05) is 30.3 Å². The predicted molar refractivity (Wildman–Crippen MR) is 117 cm³/mol. The van der Waals surface area contributed by atoms with Crippen molar-refractivity contribution in [2.24, 2.45) is 0 Å². The molecular formula is C19H26N6O4S2. The Bertz CT molecular complexity index is 1070. The first-order chi connectivity index (χ1) is 14.7. The maximum absolute atomic E-state index is 12.7. The number of nitrogens with one attached hydrogen (secondary N) is 1. The summed E-state index contributed by atoms with van der Waals surface area (Å²) in [5.41, 5.74) is 3.00. The van der Waals surface area contributed by atoms with Crippen molar-refractivity contribution in [3.8, 4) is 5.69 Å². The molecule has 2 heterocycles. The third-order valence-electron chi connectivity index (χ3n) is 5.24. The lowest BCUT2D eigenvalue weighted by Crippen LogP contribution is -2.45. The molecule has 2 amide bonds. The molecule has 1 N–H and O–H groups in total. The normalized spacial score (nSPS) is 17.5. The Hall–Kier alpha value is -2.47. The van der Waals surface area contributed by atoms with Crippen molar-refractivity contribution in [3.63, 3.8) is 0 Å². The SMILES string of the molecule is CCN(CC(=O)N[C@H]1CCS(=O)(=O)C1)C(=O)CSc1nnnn1-c1cccc(C)c1C. The topological polar surface area (TPSA) is 127 Å². The second-order valence-corrected chi connectivity index (χ2v) is 10.6. The Morgan fingerprint density at radius 2 is 2.10 bits per heavy atom. The van der Waals surface area contributed by atoms with Crippen molar-refractivity contribution < 1.29 is 18.0 Å². The lowest BCUT2D eigenvalue weighted by Gasteiger charge is -2.21. The minimum absolute atomic E-state index is 0.0459. The van der Waals surface area contributed by atoms with Crippen molar-refractivity contribution >= 4 is 33.4 Å². The Kier molecular flexibility index (Phi) is 7.31. The van der Waals surface area contributed by atoms with Gasteiger partial charge in [-0.3, -0.25) is 9.59 Å². The average Bonchev–Trinajstić information content (AvgIpc) is 3.32. The molecule has 0 bridgehead atoms. The van der Waals surface area contributed by atoms with Gasteiger partial charge in [0.25, 0.3) is 0 Å². The van der Waals surface area contributed by atoms with Crippen molar-refractivity contribution in [1.82, 2.24) is 30.4 Å². The van der Waals surface area contributed by atoms with Crippen LogP contribution in [0, 0.1) is 13.8 Å². The zero-order chi connectivity index (χ0) is 22.6. The van der Waals surface area contributed by atoms with Gasteiger partial charge in [0.1, 0.15) is 0 Å². The first kappa shape index (κ1) is 23.2. The number of nitrogens with zero attached hydrogens (tertiary/aromatic N) is 5. The average molecular weight is 467 g/mol. The first-order valence-corrected chi connectivity index (χ1v) is 12.8. The van der Waals surface area contributed by atoms with E-state index in [1.807, 2.05) is 32.0 Å². The van der Waals surface area contributed by atoms with Gasteiger partial charge in [0.2, 0.25) is 17.0 Å². The van der Waals surface area contributed by atoms with Crippen molar-refractivity contribution in [2.45, 2.75) is 38.4 Å². The third-order valence-corrected chi connectivity index (χ3v) is 7.91. The molecule has 10 nitrogen and oxygen atoms in total. The molecule has 168 valence electrons. The van der Waals surface area contributed by atoms with Gasteiger partial charge in [-0.1, -0.05) is 23.9 Å². The largest absolute Gasteiger partial charge is 0.351 e. The van der Waals surface area contributed by atoms with E-state index in [4.69, 9.17) is 0 Å². The van der Waals surface area contributed by atoms with E-state index in [1.54, 1.807) is 11.6 Å². The highest BCUT2D eigenvalue weighted by molar-refractivity contribution is 7.99. The van der Waals surface area contributed by atoms with Crippen LogP contribution in [0.5, 0.6) is 0 Å². The number of rotatable bonds is 8. The van der Waals surface area contributed by atoms with E-state index in [-0.39, 0.29) is 41.7 Å². The van der Waals surface area contributed by atoms with Gasteiger partial charge in [-0.2, -0.15) is 4.68 Å². The van der Waals surface area contributed by atoms with Crippen molar-refractivity contribution in [1.29, 1.82) is 0 Å². The van der Waals surface area contributed by atoms with Gasteiger partial charge in [-0.05, 0) is 54.8 Å². The summed E-state index contributed by atoms with van der Waals surface area (Å²) in [6.07, 6.45) is 0.408. The summed E-state index contributed by atoms with van der Waals surface area (Å²) in [6, 6.07) is 5.45. The van der Waals surface area contributed by atoms with E-state index in [9.17, 15) is 18.0 Å². The maximum atomic E-state index is 12.7. The Labute approximate surface area is 185 Å². The van der Waals surface area contributed by atoms with Crippen LogP contribution in [0.3, 0.4) is 0 Å². The second-order valence-electron chi connectivity index (χ2n) is 7.46. The van der Waals surface area contributed by atoms with E-state index in [1.165, 1.54) is 16.7 Å². The number of tetrazole rings is 1. The zero-order valence-electron chi connectivity index (χ0n) is 17.7. The van der Waals surface area contributed by atoms with Crippen molar-refractivity contribution in [3.05, 3.63) is 29.3 Å². The lowest BCUT2D eigenvalue weighted by atomic mass is 10.1. The monoisotopic (exact) mass is 466 g/mol. The summed E-state index contributed by atoms with van der Waals surface area (Å²) in [4.78, 5) is 26.4. The molecule has 1 atom stereocenters. The summed E-state index contributed by atoms with van der Waals surface area (Å²) >= 11 is 1.20. The molecule has 31 heavy (non-hydrogen) atoms. The van der Waals surface area contributed by atoms with Gasteiger partial charge in [-0.15, -0.1) is 5.10 Å². The molecule has 12 heteroatoms. The lowest BCUT2D eigenvalue weighted by molar-refractivity contribution is -0.134. The summed E-state index contributed by atoms with van der Waals surface area (Å²) in [6.45, 7) is 6.02. The minimum atomic E-state index is -3.08. The summed E-state index contributed by atoms with van der Waals surface area (Å²) in [5, 5.41) is 15.0. The smallest absolute Gasteiger partial charge is 0.239 e. The fraction of sp³-hybridized carbons (Fsp3) is 0.526. The fourth-order valence-corrected chi connectivity index (χ4v) is 5.79.